The maximum Gasteiger partial charge on any atom is 0.293 e. The fourth-order valence-electron chi connectivity index (χ4n) is 3.62. The minimum atomic E-state index is -0.696. The zero-order valence-electron chi connectivity index (χ0n) is 15.8. The number of likely N-dealkylation sites (tertiary alicyclic amines) is 1. The van der Waals surface area contributed by atoms with E-state index in [1.807, 2.05) is 24.3 Å². The molecule has 1 aliphatic heterocycles. The molecule has 8 nitrogen and oxygen atoms in total. The molecule has 1 heterocycles. The van der Waals surface area contributed by atoms with Gasteiger partial charge in [-0.05, 0) is 44.1 Å². The molecular weight excluding hydrogens is 360 g/mol. The van der Waals surface area contributed by atoms with Gasteiger partial charge in [-0.1, -0.05) is 18.2 Å². The Morgan fingerprint density at radius 1 is 1.29 bits per heavy atom. The molecule has 1 fully saturated rings. The lowest BCUT2D eigenvalue weighted by Crippen LogP contribution is -2.31. The van der Waals surface area contributed by atoms with Crippen LogP contribution in [0.3, 0.4) is 0 Å². The normalized spacial score (nSPS) is 15.2. The van der Waals surface area contributed by atoms with Crippen molar-refractivity contribution in [2.75, 3.05) is 32.1 Å². The molecule has 0 bridgehead atoms. The summed E-state index contributed by atoms with van der Waals surface area (Å²) < 4.78 is 5.53. The van der Waals surface area contributed by atoms with Crippen molar-refractivity contribution in [1.29, 1.82) is 0 Å². The van der Waals surface area contributed by atoms with Crippen LogP contribution in [0.25, 0.3) is 0 Å². The van der Waals surface area contributed by atoms with Crippen molar-refractivity contribution >= 4 is 17.3 Å². The summed E-state index contributed by atoms with van der Waals surface area (Å²) in [6.45, 7) is 2.40. The van der Waals surface area contributed by atoms with Crippen molar-refractivity contribution in [3.63, 3.8) is 0 Å². The number of carbonyl (C=O) groups is 1. The molecule has 3 N–H and O–H groups in total. The molecule has 3 rings (SSSR count). The second kappa shape index (κ2) is 8.71. The fourth-order valence-corrected chi connectivity index (χ4v) is 3.62. The Balaban J connectivity index is 1.88. The summed E-state index contributed by atoms with van der Waals surface area (Å²) in [6, 6.07) is 12.1. The Kier molecular flexibility index (Phi) is 6.10. The highest BCUT2D eigenvalue weighted by molar-refractivity contribution is 5.94. The molecule has 0 spiro atoms. The first-order valence-electron chi connectivity index (χ1n) is 9.20. The monoisotopic (exact) mass is 384 g/mol. The second-order valence-electron chi connectivity index (χ2n) is 6.74. The molecule has 0 aromatic heterocycles. The van der Waals surface area contributed by atoms with E-state index in [0.29, 0.717) is 12.2 Å². The Morgan fingerprint density at radius 3 is 2.64 bits per heavy atom. The maximum atomic E-state index is 11.5. The number of nitrogens with zero attached hydrogens (tertiary/aromatic N) is 2. The number of rotatable bonds is 8. The first-order valence-corrected chi connectivity index (χ1v) is 9.20. The maximum absolute atomic E-state index is 11.5. The lowest BCUT2D eigenvalue weighted by Gasteiger charge is -2.29. The molecule has 2 aromatic rings. The van der Waals surface area contributed by atoms with Crippen molar-refractivity contribution in [2.24, 2.45) is 5.73 Å². The van der Waals surface area contributed by atoms with Crippen molar-refractivity contribution in [3.05, 3.63) is 63.7 Å². The summed E-state index contributed by atoms with van der Waals surface area (Å²) in [7, 11) is 1.64. The summed E-state index contributed by atoms with van der Waals surface area (Å²) in [4.78, 5) is 24.6. The number of nitrogens with two attached hydrogens (primary N) is 1. The van der Waals surface area contributed by atoms with Gasteiger partial charge in [-0.3, -0.25) is 19.8 Å². The Morgan fingerprint density at radius 2 is 2.00 bits per heavy atom. The van der Waals surface area contributed by atoms with Gasteiger partial charge in [-0.2, -0.15) is 0 Å². The van der Waals surface area contributed by atoms with Gasteiger partial charge in [0.1, 0.15) is 11.4 Å². The molecule has 1 aliphatic rings. The molecular formula is C20H24N4O4. The van der Waals surface area contributed by atoms with E-state index in [0.717, 1.165) is 37.2 Å². The number of hydrogen-bond acceptors (Lipinski definition) is 6. The first kappa shape index (κ1) is 19.6. The van der Waals surface area contributed by atoms with E-state index >= 15 is 0 Å². The minimum Gasteiger partial charge on any atom is -0.496 e. The molecule has 0 saturated carbocycles. The standard InChI is InChI=1S/C20H24N4O4/c1-28-19-7-3-2-6-15(19)18(23-10-4-5-11-23)13-22-16-9-8-14(20(21)25)12-17(16)24(26)27/h2-3,6-9,12,18,22H,4-5,10-11,13H2,1H3,(H2,21,25). The molecule has 1 saturated heterocycles. The van der Waals surface area contributed by atoms with Gasteiger partial charge >= 0.3 is 0 Å². The largest absolute Gasteiger partial charge is 0.496 e. The number of carbonyl (C=O) groups excluding carboxylic acids is 1. The van der Waals surface area contributed by atoms with E-state index in [2.05, 4.69) is 10.2 Å². The summed E-state index contributed by atoms with van der Waals surface area (Å²) >= 11 is 0. The summed E-state index contributed by atoms with van der Waals surface area (Å²) in [6.07, 6.45) is 2.25. The van der Waals surface area contributed by atoms with Gasteiger partial charge in [0, 0.05) is 23.7 Å². The average molecular weight is 384 g/mol. The van der Waals surface area contributed by atoms with E-state index < -0.39 is 10.8 Å². The lowest BCUT2D eigenvalue weighted by atomic mass is 10.0. The zero-order chi connectivity index (χ0) is 20.1. The number of benzene rings is 2. The number of amides is 1. The highest BCUT2D eigenvalue weighted by atomic mass is 16.6. The Hall–Kier alpha value is -3.13. The van der Waals surface area contributed by atoms with E-state index in [4.69, 9.17) is 10.5 Å². The zero-order valence-corrected chi connectivity index (χ0v) is 15.8. The van der Waals surface area contributed by atoms with Crippen LogP contribution >= 0.6 is 0 Å². The van der Waals surface area contributed by atoms with Crippen LogP contribution < -0.4 is 15.8 Å². The third-order valence-electron chi connectivity index (χ3n) is 5.04. The third-order valence-corrected chi connectivity index (χ3v) is 5.04. The predicted molar refractivity (Wildman–Crippen MR) is 107 cm³/mol. The van der Waals surface area contributed by atoms with Crippen LogP contribution in [0.15, 0.2) is 42.5 Å². The minimum absolute atomic E-state index is 0.00840. The van der Waals surface area contributed by atoms with Gasteiger partial charge in [0.05, 0.1) is 18.1 Å². The summed E-state index contributed by atoms with van der Waals surface area (Å²) in [5.74, 6) is 0.0957. The number of ether oxygens (including phenoxy) is 1. The molecule has 2 aromatic carbocycles. The lowest BCUT2D eigenvalue weighted by molar-refractivity contribution is -0.384. The number of primary amides is 1. The number of hydrogen-bond donors (Lipinski definition) is 2. The smallest absolute Gasteiger partial charge is 0.293 e. The van der Waals surface area contributed by atoms with E-state index in [1.165, 1.54) is 18.2 Å². The van der Waals surface area contributed by atoms with Gasteiger partial charge in [-0.25, -0.2) is 0 Å². The Labute approximate surface area is 163 Å². The highest BCUT2D eigenvalue weighted by Crippen LogP contribution is 2.33. The van der Waals surface area contributed by atoms with Gasteiger partial charge in [0.15, 0.2) is 0 Å². The highest BCUT2D eigenvalue weighted by Gasteiger charge is 2.26. The van der Waals surface area contributed by atoms with Crippen LogP contribution in [-0.2, 0) is 0 Å². The number of para-hydroxylation sites is 1. The molecule has 1 unspecified atom stereocenters. The quantitative estimate of drug-likeness (QED) is 0.535. The van der Waals surface area contributed by atoms with Gasteiger partial charge in [0.2, 0.25) is 5.91 Å². The summed E-state index contributed by atoms with van der Waals surface area (Å²) in [5.41, 5.74) is 6.58. The first-order chi connectivity index (χ1) is 13.5. The van der Waals surface area contributed by atoms with Crippen molar-refractivity contribution < 1.29 is 14.5 Å². The van der Waals surface area contributed by atoms with Crippen molar-refractivity contribution in [1.82, 2.24) is 4.90 Å². The molecule has 28 heavy (non-hydrogen) atoms. The molecule has 0 aliphatic carbocycles. The number of nitro benzene ring substituents is 1. The van der Waals surface area contributed by atoms with Crippen molar-refractivity contribution in [2.45, 2.75) is 18.9 Å². The number of nitro groups is 1. The van der Waals surface area contributed by atoms with Crippen LogP contribution in [0.2, 0.25) is 0 Å². The second-order valence-corrected chi connectivity index (χ2v) is 6.74. The topological polar surface area (TPSA) is 111 Å². The van der Waals surface area contributed by atoms with Crippen LogP contribution in [0.4, 0.5) is 11.4 Å². The average Bonchev–Trinajstić information content (AvgIpc) is 3.22. The van der Waals surface area contributed by atoms with E-state index in [9.17, 15) is 14.9 Å². The molecule has 148 valence electrons. The van der Waals surface area contributed by atoms with Crippen molar-refractivity contribution in [3.8, 4) is 5.75 Å². The third kappa shape index (κ3) is 4.23. The molecule has 1 amide bonds. The Bertz CT molecular complexity index is 865. The van der Waals surface area contributed by atoms with Crippen LogP contribution in [0, 0.1) is 10.1 Å². The molecule has 8 heteroatoms. The number of anilines is 1. The van der Waals surface area contributed by atoms with E-state index in [1.54, 1.807) is 7.11 Å². The predicted octanol–water partition coefficient (Wildman–Crippen LogP) is 2.95. The number of nitrogens with one attached hydrogen (secondary N) is 1. The van der Waals surface area contributed by atoms with Gasteiger partial charge < -0.3 is 15.8 Å². The molecule has 0 radical (unpaired) electrons. The SMILES string of the molecule is COc1ccccc1C(CNc1ccc(C(N)=O)cc1[N+](=O)[O-])N1CCCC1. The summed E-state index contributed by atoms with van der Waals surface area (Å²) in [5, 5.41) is 14.6. The number of methoxy groups -OCH3 is 1. The molecule has 1 atom stereocenters. The van der Waals surface area contributed by atoms with E-state index in [-0.39, 0.29) is 17.3 Å². The van der Waals surface area contributed by atoms with Gasteiger partial charge in [0.25, 0.3) is 5.69 Å². The van der Waals surface area contributed by atoms with Crippen LogP contribution in [0.5, 0.6) is 5.75 Å². The van der Waals surface area contributed by atoms with Gasteiger partial charge in [-0.15, -0.1) is 0 Å². The fraction of sp³-hybridized carbons (Fsp3) is 0.350. The van der Waals surface area contributed by atoms with Crippen LogP contribution in [0.1, 0.15) is 34.8 Å². The van der Waals surface area contributed by atoms with Crippen LogP contribution in [-0.4, -0.2) is 42.5 Å².